The topological polar surface area (TPSA) is 86.9 Å². The minimum absolute atomic E-state index is 0.203. The minimum Gasteiger partial charge on any atom is -0.340 e. The first-order chi connectivity index (χ1) is 11.7. The molecule has 0 unspecified atom stereocenters. The quantitative estimate of drug-likeness (QED) is 0.644. The smallest absolute Gasteiger partial charge is 0.252 e. The van der Waals surface area contributed by atoms with Crippen LogP contribution in [-0.4, -0.2) is 22.0 Å². The van der Waals surface area contributed by atoms with E-state index in [1.54, 1.807) is 12.3 Å². The maximum Gasteiger partial charge on any atom is 0.252 e. The number of H-pyrrole nitrogens is 1. The van der Waals surface area contributed by atoms with Crippen molar-refractivity contribution in [2.75, 3.05) is 5.32 Å². The van der Waals surface area contributed by atoms with E-state index in [1.807, 2.05) is 47.8 Å². The van der Waals surface area contributed by atoms with Crippen molar-refractivity contribution in [1.29, 1.82) is 0 Å². The van der Waals surface area contributed by atoms with Gasteiger partial charge in [0.05, 0.1) is 12.6 Å². The van der Waals surface area contributed by atoms with Gasteiger partial charge in [-0.25, -0.2) is 0 Å². The molecule has 7 heteroatoms. The summed E-state index contributed by atoms with van der Waals surface area (Å²) >= 11 is 1.51. The van der Waals surface area contributed by atoms with Gasteiger partial charge in [0.1, 0.15) is 11.9 Å². The Morgan fingerprint density at radius 2 is 1.96 bits per heavy atom. The normalized spacial score (nSPS) is 11.7. The summed E-state index contributed by atoms with van der Waals surface area (Å²) in [7, 11) is 0. The molecule has 1 aromatic carbocycles. The first-order valence-electron chi connectivity index (χ1n) is 7.39. The van der Waals surface area contributed by atoms with E-state index in [0.717, 1.165) is 4.88 Å². The van der Waals surface area contributed by atoms with Gasteiger partial charge in [-0.3, -0.25) is 14.7 Å². The second-order valence-electron chi connectivity index (χ2n) is 5.13. The number of nitrogens with one attached hydrogen (secondary N) is 3. The van der Waals surface area contributed by atoms with E-state index in [-0.39, 0.29) is 18.2 Å². The molecule has 3 aromatic rings. The predicted molar refractivity (Wildman–Crippen MR) is 92.6 cm³/mol. The van der Waals surface area contributed by atoms with Gasteiger partial charge in [0, 0.05) is 10.9 Å². The van der Waals surface area contributed by atoms with Crippen molar-refractivity contribution in [2.45, 2.75) is 12.5 Å². The lowest BCUT2D eigenvalue weighted by atomic mass is 10.1. The van der Waals surface area contributed by atoms with Crippen LogP contribution >= 0.6 is 11.3 Å². The van der Waals surface area contributed by atoms with E-state index >= 15 is 0 Å². The number of benzene rings is 1. The number of carbonyl (C=O) groups excluding carboxylic acids is 2. The van der Waals surface area contributed by atoms with Crippen LogP contribution in [0.1, 0.15) is 16.5 Å². The van der Waals surface area contributed by atoms with E-state index in [0.29, 0.717) is 11.4 Å². The summed E-state index contributed by atoms with van der Waals surface area (Å²) in [6.07, 6.45) is 1.79. The SMILES string of the molecule is O=C(Cc1cccs1)N[C@H](C(=O)Nc1ccn[nH]1)c1ccccc1. The Kier molecular flexibility index (Phi) is 5.02. The van der Waals surface area contributed by atoms with Gasteiger partial charge < -0.3 is 10.6 Å². The largest absolute Gasteiger partial charge is 0.340 e. The summed E-state index contributed by atoms with van der Waals surface area (Å²) < 4.78 is 0. The number of rotatable bonds is 6. The maximum absolute atomic E-state index is 12.6. The Balaban J connectivity index is 1.74. The van der Waals surface area contributed by atoms with Crippen molar-refractivity contribution >= 4 is 29.0 Å². The highest BCUT2D eigenvalue weighted by Crippen LogP contribution is 2.16. The molecular formula is C17H16N4O2S. The molecule has 2 amide bonds. The molecule has 0 aliphatic rings. The first kappa shape index (κ1) is 15.9. The average molecular weight is 340 g/mol. The third-order valence-electron chi connectivity index (χ3n) is 3.37. The number of amides is 2. The molecule has 1 atom stereocenters. The summed E-state index contributed by atoms with van der Waals surface area (Å²) in [5, 5.41) is 13.9. The monoisotopic (exact) mass is 340 g/mol. The predicted octanol–water partition coefficient (Wildman–Crippen LogP) is 2.51. The minimum atomic E-state index is -0.776. The summed E-state index contributed by atoms with van der Waals surface area (Å²) in [5.74, 6) is -0.0514. The highest BCUT2D eigenvalue weighted by atomic mass is 32.1. The second-order valence-corrected chi connectivity index (χ2v) is 6.16. The average Bonchev–Trinajstić information content (AvgIpc) is 3.27. The lowest BCUT2D eigenvalue weighted by molar-refractivity contribution is -0.126. The number of thiophene rings is 1. The van der Waals surface area contributed by atoms with Crippen LogP contribution in [0.15, 0.2) is 60.1 Å². The molecule has 0 bridgehead atoms. The fraction of sp³-hybridized carbons (Fsp3) is 0.118. The van der Waals surface area contributed by atoms with Crippen LogP contribution in [-0.2, 0) is 16.0 Å². The van der Waals surface area contributed by atoms with E-state index in [2.05, 4.69) is 20.8 Å². The van der Waals surface area contributed by atoms with Gasteiger partial charge in [-0.05, 0) is 17.0 Å². The van der Waals surface area contributed by atoms with E-state index in [9.17, 15) is 9.59 Å². The Morgan fingerprint density at radius 1 is 1.12 bits per heavy atom. The Bertz CT molecular complexity index is 785. The molecule has 122 valence electrons. The summed E-state index contributed by atoms with van der Waals surface area (Å²) in [4.78, 5) is 25.8. The maximum atomic E-state index is 12.6. The lowest BCUT2D eigenvalue weighted by Gasteiger charge is -2.18. The van der Waals surface area contributed by atoms with Crippen LogP contribution in [0.5, 0.6) is 0 Å². The highest BCUT2D eigenvalue weighted by molar-refractivity contribution is 7.10. The third kappa shape index (κ3) is 4.08. The number of aromatic nitrogens is 2. The molecule has 3 rings (SSSR count). The van der Waals surface area contributed by atoms with Crippen molar-refractivity contribution in [2.24, 2.45) is 0 Å². The van der Waals surface area contributed by atoms with E-state index in [1.165, 1.54) is 11.3 Å². The number of carbonyl (C=O) groups is 2. The number of nitrogens with zero attached hydrogens (tertiary/aromatic N) is 1. The first-order valence-corrected chi connectivity index (χ1v) is 8.27. The molecule has 6 nitrogen and oxygen atoms in total. The molecule has 2 heterocycles. The standard InChI is InChI=1S/C17H16N4O2S/c22-15(11-13-7-4-10-24-13)20-16(12-5-2-1-3-6-12)17(23)19-14-8-9-18-21-14/h1-10,16H,11H2,(H,20,22)(H2,18,19,21,23)/t16-/m0/s1. The summed E-state index contributed by atoms with van der Waals surface area (Å²) in [5.41, 5.74) is 0.717. The van der Waals surface area contributed by atoms with Crippen molar-refractivity contribution in [3.8, 4) is 0 Å². The molecule has 0 saturated heterocycles. The van der Waals surface area contributed by atoms with Gasteiger partial charge in [0.25, 0.3) is 5.91 Å². The van der Waals surface area contributed by atoms with Gasteiger partial charge in [0.15, 0.2) is 0 Å². The molecule has 0 saturated carbocycles. The number of aromatic amines is 1. The zero-order valence-corrected chi connectivity index (χ0v) is 13.5. The molecule has 24 heavy (non-hydrogen) atoms. The fourth-order valence-electron chi connectivity index (χ4n) is 2.26. The van der Waals surface area contributed by atoms with E-state index < -0.39 is 6.04 Å². The van der Waals surface area contributed by atoms with Crippen LogP contribution in [0.4, 0.5) is 5.82 Å². The number of hydrogen-bond donors (Lipinski definition) is 3. The number of anilines is 1. The molecule has 0 fully saturated rings. The van der Waals surface area contributed by atoms with Crippen LogP contribution < -0.4 is 10.6 Å². The van der Waals surface area contributed by atoms with Crippen molar-refractivity contribution in [1.82, 2.24) is 15.5 Å². The molecule has 0 aliphatic heterocycles. The number of hydrogen-bond acceptors (Lipinski definition) is 4. The molecule has 3 N–H and O–H groups in total. The van der Waals surface area contributed by atoms with Crippen LogP contribution in [0, 0.1) is 0 Å². The van der Waals surface area contributed by atoms with Gasteiger partial charge in [0.2, 0.25) is 5.91 Å². The second kappa shape index (κ2) is 7.56. The van der Waals surface area contributed by atoms with Gasteiger partial charge in [-0.1, -0.05) is 36.4 Å². The zero-order chi connectivity index (χ0) is 16.8. The highest BCUT2D eigenvalue weighted by Gasteiger charge is 2.23. The molecule has 2 aromatic heterocycles. The Hall–Kier alpha value is -2.93. The van der Waals surface area contributed by atoms with Crippen LogP contribution in [0.25, 0.3) is 0 Å². The molecular weight excluding hydrogens is 324 g/mol. The van der Waals surface area contributed by atoms with Gasteiger partial charge in [-0.2, -0.15) is 5.10 Å². The van der Waals surface area contributed by atoms with Crippen LogP contribution in [0.3, 0.4) is 0 Å². The van der Waals surface area contributed by atoms with Gasteiger partial charge >= 0.3 is 0 Å². The third-order valence-corrected chi connectivity index (χ3v) is 4.25. The molecule has 0 spiro atoms. The van der Waals surface area contributed by atoms with Crippen molar-refractivity contribution < 1.29 is 9.59 Å². The molecule has 0 aliphatic carbocycles. The summed E-state index contributed by atoms with van der Waals surface area (Å²) in [6.45, 7) is 0. The fourth-order valence-corrected chi connectivity index (χ4v) is 2.96. The van der Waals surface area contributed by atoms with Crippen molar-refractivity contribution in [3.63, 3.8) is 0 Å². The Labute approximate surface area is 142 Å². The van der Waals surface area contributed by atoms with Gasteiger partial charge in [-0.15, -0.1) is 11.3 Å². The molecule has 0 radical (unpaired) electrons. The summed E-state index contributed by atoms with van der Waals surface area (Å²) in [6, 6.07) is 13.8. The Morgan fingerprint density at radius 3 is 2.62 bits per heavy atom. The lowest BCUT2D eigenvalue weighted by Crippen LogP contribution is -2.37. The van der Waals surface area contributed by atoms with Crippen molar-refractivity contribution in [3.05, 3.63) is 70.5 Å². The van der Waals surface area contributed by atoms with Crippen LogP contribution in [0.2, 0.25) is 0 Å². The zero-order valence-electron chi connectivity index (χ0n) is 12.7. The van der Waals surface area contributed by atoms with E-state index in [4.69, 9.17) is 0 Å².